The molecule has 0 radical (unpaired) electrons. The second kappa shape index (κ2) is 5.83. The van der Waals surface area contributed by atoms with E-state index in [0.717, 1.165) is 23.6 Å². The largest absolute Gasteiger partial charge is 0.497 e. The highest BCUT2D eigenvalue weighted by atomic mass is 19.4. The number of para-hydroxylation sites is 1. The average molecular weight is 345 g/mol. The monoisotopic (exact) mass is 345 g/mol. The molecule has 0 bridgehead atoms. The highest BCUT2D eigenvalue weighted by Crippen LogP contribution is 2.52. The molecule has 1 aliphatic carbocycles. The standard InChI is InChI=1S/C20H18F3NO/c1-25-13-6-2-5-12(11-13)18-15-8-3-7-14(15)16-9-4-10-17(19(16)24-18)20(21,22)23/h2-7,9-11,14-15,18,24H,8H2,1H3/t14-,15-,18+/m1/s1. The van der Waals surface area contributed by atoms with Crippen molar-refractivity contribution in [1.82, 2.24) is 0 Å². The molecule has 0 spiro atoms. The van der Waals surface area contributed by atoms with Gasteiger partial charge in [-0.25, -0.2) is 0 Å². The molecule has 4 rings (SSSR count). The Kier molecular flexibility index (Phi) is 3.74. The number of halogens is 3. The SMILES string of the molecule is COc1cccc([C@@H]2Nc3c(cccc3C(F)(F)F)[C@@H]3C=CC[C@H]32)c1. The van der Waals surface area contributed by atoms with E-state index in [1.165, 1.54) is 6.07 Å². The van der Waals surface area contributed by atoms with Crippen LogP contribution in [0.4, 0.5) is 18.9 Å². The Balaban J connectivity index is 1.83. The third-order valence-electron chi connectivity index (χ3n) is 5.16. The number of nitrogens with one attached hydrogen (secondary N) is 1. The van der Waals surface area contributed by atoms with Gasteiger partial charge in [-0.15, -0.1) is 0 Å². The molecule has 25 heavy (non-hydrogen) atoms. The number of hydrogen-bond donors (Lipinski definition) is 1. The number of fused-ring (bicyclic) bond motifs is 3. The molecule has 5 heteroatoms. The van der Waals surface area contributed by atoms with Crippen molar-refractivity contribution in [2.75, 3.05) is 12.4 Å². The van der Waals surface area contributed by atoms with E-state index >= 15 is 0 Å². The van der Waals surface area contributed by atoms with E-state index < -0.39 is 11.7 Å². The number of anilines is 1. The van der Waals surface area contributed by atoms with Gasteiger partial charge in [0.1, 0.15) is 5.75 Å². The fourth-order valence-electron chi connectivity index (χ4n) is 4.02. The molecule has 2 aromatic carbocycles. The lowest BCUT2D eigenvalue weighted by atomic mass is 9.76. The molecule has 130 valence electrons. The first-order valence-corrected chi connectivity index (χ1v) is 8.26. The van der Waals surface area contributed by atoms with Crippen molar-refractivity contribution >= 4 is 5.69 Å². The van der Waals surface area contributed by atoms with Crippen molar-refractivity contribution in [1.29, 1.82) is 0 Å². The van der Waals surface area contributed by atoms with Crippen LogP contribution in [0.1, 0.15) is 35.1 Å². The van der Waals surface area contributed by atoms with Crippen LogP contribution in [-0.4, -0.2) is 7.11 Å². The molecule has 0 saturated heterocycles. The highest BCUT2D eigenvalue weighted by Gasteiger charge is 2.42. The molecule has 1 aliphatic heterocycles. The molecule has 2 aliphatic rings. The molecule has 0 saturated carbocycles. The third-order valence-corrected chi connectivity index (χ3v) is 5.16. The van der Waals surface area contributed by atoms with E-state index in [9.17, 15) is 13.2 Å². The van der Waals surface area contributed by atoms with E-state index in [0.29, 0.717) is 5.75 Å². The summed E-state index contributed by atoms with van der Waals surface area (Å²) in [5.41, 5.74) is 1.28. The number of benzene rings is 2. The van der Waals surface area contributed by atoms with Crippen LogP contribution in [-0.2, 0) is 6.18 Å². The molecular weight excluding hydrogens is 327 g/mol. The summed E-state index contributed by atoms with van der Waals surface area (Å²) in [6, 6.07) is 11.8. The number of methoxy groups -OCH3 is 1. The zero-order chi connectivity index (χ0) is 17.6. The molecule has 0 unspecified atom stereocenters. The van der Waals surface area contributed by atoms with Gasteiger partial charge in [0.15, 0.2) is 0 Å². The summed E-state index contributed by atoms with van der Waals surface area (Å²) in [4.78, 5) is 0. The Labute approximate surface area is 144 Å². The van der Waals surface area contributed by atoms with Crippen molar-refractivity contribution in [2.45, 2.75) is 24.6 Å². The lowest BCUT2D eigenvalue weighted by molar-refractivity contribution is -0.137. The van der Waals surface area contributed by atoms with E-state index in [-0.39, 0.29) is 23.6 Å². The first-order valence-electron chi connectivity index (χ1n) is 8.26. The Morgan fingerprint density at radius 1 is 1.12 bits per heavy atom. The Morgan fingerprint density at radius 3 is 2.68 bits per heavy atom. The lowest BCUT2D eigenvalue weighted by Crippen LogP contribution is -2.30. The predicted molar refractivity (Wildman–Crippen MR) is 90.8 cm³/mol. The summed E-state index contributed by atoms with van der Waals surface area (Å²) >= 11 is 0. The highest BCUT2D eigenvalue weighted by molar-refractivity contribution is 5.65. The number of rotatable bonds is 2. The minimum absolute atomic E-state index is 0.00486. The van der Waals surface area contributed by atoms with Gasteiger partial charge in [-0.2, -0.15) is 13.2 Å². The van der Waals surface area contributed by atoms with E-state index in [2.05, 4.69) is 11.4 Å². The van der Waals surface area contributed by atoms with Gasteiger partial charge in [0.25, 0.3) is 0 Å². The fraction of sp³-hybridized carbons (Fsp3) is 0.300. The Morgan fingerprint density at radius 2 is 1.92 bits per heavy atom. The van der Waals surface area contributed by atoms with E-state index in [1.807, 2.05) is 30.3 Å². The normalized spacial score (nSPS) is 24.4. The second-order valence-corrected chi connectivity index (χ2v) is 6.52. The molecule has 1 N–H and O–H groups in total. The zero-order valence-electron chi connectivity index (χ0n) is 13.7. The summed E-state index contributed by atoms with van der Waals surface area (Å²) in [7, 11) is 1.59. The van der Waals surface area contributed by atoms with Gasteiger partial charge >= 0.3 is 6.18 Å². The van der Waals surface area contributed by atoms with Crippen molar-refractivity contribution in [3.63, 3.8) is 0 Å². The van der Waals surface area contributed by atoms with Gasteiger partial charge in [0, 0.05) is 5.92 Å². The first-order chi connectivity index (χ1) is 12.0. The molecule has 1 heterocycles. The maximum atomic E-state index is 13.5. The zero-order valence-corrected chi connectivity index (χ0v) is 13.7. The number of hydrogen-bond acceptors (Lipinski definition) is 2. The summed E-state index contributed by atoms with van der Waals surface area (Å²) in [5, 5.41) is 3.20. The van der Waals surface area contributed by atoms with Crippen molar-refractivity contribution < 1.29 is 17.9 Å². The van der Waals surface area contributed by atoms with Crippen LogP contribution >= 0.6 is 0 Å². The summed E-state index contributed by atoms with van der Waals surface area (Å²) in [6.07, 6.45) is 0.568. The number of allylic oxidation sites excluding steroid dienone is 2. The van der Waals surface area contributed by atoms with Crippen LogP contribution < -0.4 is 10.1 Å². The topological polar surface area (TPSA) is 21.3 Å². The predicted octanol–water partition coefficient (Wildman–Crippen LogP) is 5.54. The van der Waals surface area contributed by atoms with Crippen molar-refractivity contribution in [3.8, 4) is 5.75 Å². The van der Waals surface area contributed by atoms with E-state index in [1.54, 1.807) is 13.2 Å². The van der Waals surface area contributed by atoms with Crippen molar-refractivity contribution in [2.24, 2.45) is 5.92 Å². The smallest absolute Gasteiger partial charge is 0.418 e. The van der Waals surface area contributed by atoms with Gasteiger partial charge < -0.3 is 10.1 Å². The van der Waals surface area contributed by atoms with Crippen LogP contribution in [0.5, 0.6) is 5.75 Å². The van der Waals surface area contributed by atoms with Crippen LogP contribution in [0.2, 0.25) is 0 Å². The lowest BCUT2D eigenvalue weighted by Gasteiger charge is -2.38. The first kappa shape index (κ1) is 16.1. The van der Waals surface area contributed by atoms with Crippen LogP contribution in [0.15, 0.2) is 54.6 Å². The van der Waals surface area contributed by atoms with Crippen LogP contribution in [0.3, 0.4) is 0 Å². The minimum atomic E-state index is -4.38. The van der Waals surface area contributed by atoms with Crippen molar-refractivity contribution in [3.05, 3.63) is 71.3 Å². The molecule has 0 aromatic heterocycles. The maximum Gasteiger partial charge on any atom is 0.418 e. The minimum Gasteiger partial charge on any atom is -0.497 e. The van der Waals surface area contributed by atoms with Gasteiger partial charge in [-0.05, 0) is 41.7 Å². The second-order valence-electron chi connectivity index (χ2n) is 6.52. The fourth-order valence-corrected chi connectivity index (χ4v) is 4.02. The summed E-state index contributed by atoms with van der Waals surface area (Å²) < 4.78 is 45.8. The average Bonchev–Trinajstić information content (AvgIpc) is 3.09. The van der Waals surface area contributed by atoms with Crippen LogP contribution in [0, 0.1) is 5.92 Å². The molecule has 2 nitrogen and oxygen atoms in total. The molecule has 0 fully saturated rings. The van der Waals surface area contributed by atoms with Gasteiger partial charge in [-0.1, -0.05) is 36.4 Å². The molecular formula is C20H18F3NO. The van der Waals surface area contributed by atoms with E-state index in [4.69, 9.17) is 4.74 Å². The van der Waals surface area contributed by atoms with Gasteiger partial charge in [0.2, 0.25) is 0 Å². The molecule has 3 atom stereocenters. The molecule has 2 aromatic rings. The maximum absolute atomic E-state index is 13.5. The van der Waals surface area contributed by atoms with Crippen LogP contribution in [0.25, 0.3) is 0 Å². The number of ether oxygens (including phenoxy) is 1. The quantitative estimate of drug-likeness (QED) is 0.722. The Bertz CT molecular complexity index is 828. The molecule has 0 amide bonds. The number of alkyl halides is 3. The van der Waals surface area contributed by atoms with Gasteiger partial charge in [0.05, 0.1) is 24.4 Å². The summed E-state index contributed by atoms with van der Waals surface area (Å²) in [6.45, 7) is 0. The summed E-state index contributed by atoms with van der Waals surface area (Å²) in [5.74, 6) is 0.898. The van der Waals surface area contributed by atoms with Gasteiger partial charge in [-0.3, -0.25) is 0 Å². The Hall–Kier alpha value is -2.43. The third kappa shape index (κ3) is 2.68.